The van der Waals surface area contributed by atoms with E-state index in [0.29, 0.717) is 16.0 Å². The molecule has 4 heteroatoms. The largest absolute Gasteiger partial charge is 0.311 e. The molecular weight excluding hydrogens is 219 g/mol. The molecule has 1 atom stereocenters. The lowest BCUT2D eigenvalue weighted by Gasteiger charge is -2.15. The van der Waals surface area contributed by atoms with Gasteiger partial charge in [-0.1, -0.05) is 23.2 Å². The van der Waals surface area contributed by atoms with Gasteiger partial charge in [-0.25, -0.2) is 0 Å². The van der Waals surface area contributed by atoms with Gasteiger partial charge in [-0.3, -0.25) is 4.98 Å². The highest BCUT2D eigenvalue weighted by atomic mass is 35.5. The van der Waals surface area contributed by atoms with E-state index < -0.39 is 0 Å². The van der Waals surface area contributed by atoms with Crippen LogP contribution in [0.15, 0.2) is 12.3 Å². The van der Waals surface area contributed by atoms with Gasteiger partial charge in [0.15, 0.2) is 0 Å². The van der Waals surface area contributed by atoms with Crippen LogP contribution < -0.4 is 5.32 Å². The molecule has 0 radical (unpaired) electrons. The molecule has 0 aliphatic heterocycles. The molecule has 0 aromatic carbocycles. The zero-order valence-electron chi connectivity index (χ0n) is 7.93. The summed E-state index contributed by atoms with van der Waals surface area (Å²) in [5.41, 5.74) is 0.918. The molecule has 1 aromatic heterocycles. The van der Waals surface area contributed by atoms with Gasteiger partial charge in [0.05, 0.1) is 21.8 Å². The van der Waals surface area contributed by atoms with Crippen LogP contribution in [0, 0.1) is 5.92 Å². The highest BCUT2D eigenvalue weighted by Gasteiger charge is 2.33. The Morgan fingerprint density at radius 1 is 1.50 bits per heavy atom. The van der Waals surface area contributed by atoms with E-state index in [0.717, 1.165) is 5.69 Å². The summed E-state index contributed by atoms with van der Waals surface area (Å²) >= 11 is 11.9. The summed E-state index contributed by atoms with van der Waals surface area (Å²) in [4.78, 5) is 4.28. The van der Waals surface area contributed by atoms with Crippen LogP contribution in [0.5, 0.6) is 0 Å². The Hall–Kier alpha value is -0.310. The molecule has 0 amide bonds. The number of hydrogen-bond donors (Lipinski definition) is 1. The zero-order valence-corrected chi connectivity index (χ0v) is 9.44. The van der Waals surface area contributed by atoms with Crippen LogP contribution in [0.1, 0.15) is 24.6 Å². The molecular formula is C10H12Cl2N2. The lowest BCUT2D eigenvalue weighted by molar-refractivity contribution is 0.516. The third kappa shape index (κ3) is 2.02. The monoisotopic (exact) mass is 230 g/mol. The van der Waals surface area contributed by atoms with Gasteiger partial charge in [0.25, 0.3) is 0 Å². The molecule has 1 aliphatic rings. The minimum atomic E-state index is 0.278. The van der Waals surface area contributed by atoms with Crippen LogP contribution in [-0.4, -0.2) is 12.0 Å². The Labute approximate surface area is 93.6 Å². The van der Waals surface area contributed by atoms with E-state index >= 15 is 0 Å². The van der Waals surface area contributed by atoms with Crippen LogP contribution >= 0.6 is 23.2 Å². The van der Waals surface area contributed by atoms with Crippen molar-refractivity contribution in [1.82, 2.24) is 10.3 Å². The third-order valence-corrected chi connectivity index (χ3v) is 3.04. The predicted octanol–water partition coefficient (Wildman–Crippen LogP) is 3.06. The fourth-order valence-corrected chi connectivity index (χ4v) is 2.18. The van der Waals surface area contributed by atoms with Crippen molar-refractivity contribution in [3.05, 3.63) is 28.0 Å². The molecule has 1 aromatic rings. The van der Waals surface area contributed by atoms with E-state index in [1.165, 1.54) is 12.8 Å². The van der Waals surface area contributed by atoms with E-state index in [2.05, 4.69) is 10.3 Å². The number of pyridine rings is 1. The minimum absolute atomic E-state index is 0.278. The Balaban J connectivity index is 2.29. The van der Waals surface area contributed by atoms with Gasteiger partial charge in [0.2, 0.25) is 0 Å². The van der Waals surface area contributed by atoms with Crippen LogP contribution in [-0.2, 0) is 0 Å². The van der Waals surface area contributed by atoms with Crippen molar-refractivity contribution in [3.8, 4) is 0 Å². The highest BCUT2D eigenvalue weighted by molar-refractivity contribution is 6.34. The van der Waals surface area contributed by atoms with Crippen molar-refractivity contribution in [2.75, 3.05) is 7.05 Å². The number of nitrogens with zero attached hydrogens (tertiary/aromatic N) is 1. The number of aromatic nitrogens is 1. The molecule has 1 N–H and O–H groups in total. The molecule has 1 heterocycles. The van der Waals surface area contributed by atoms with Crippen molar-refractivity contribution in [2.45, 2.75) is 18.9 Å². The Morgan fingerprint density at radius 2 is 2.21 bits per heavy atom. The quantitative estimate of drug-likeness (QED) is 0.864. The first kappa shape index (κ1) is 10.2. The summed E-state index contributed by atoms with van der Waals surface area (Å²) in [6.45, 7) is 0. The van der Waals surface area contributed by atoms with Gasteiger partial charge in [-0.15, -0.1) is 0 Å². The van der Waals surface area contributed by atoms with E-state index in [9.17, 15) is 0 Å². The van der Waals surface area contributed by atoms with Crippen LogP contribution in [0.4, 0.5) is 0 Å². The van der Waals surface area contributed by atoms with E-state index in [4.69, 9.17) is 23.2 Å². The molecule has 0 saturated heterocycles. The standard InChI is InChI=1S/C10H12Cl2N2/c1-13-9(6-2-3-6)10-8(12)4-7(11)5-14-10/h4-6,9,13H,2-3H2,1H3. The van der Waals surface area contributed by atoms with Gasteiger partial charge in [-0.05, 0) is 31.9 Å². The average molecular weight is 231 g/mol. The summed E-state index contributed by atoms with van der Waals surface area (Å²) in [7, 11) is 1.94. The molecule has 2 rings (SSSR count). The third-order valence-electron chi connectivity index (χ3n) is 2.54. The summed E-state index contributed by atoms with van der Waals surface area (Å²) in [5, 5.41) is 4.49. The molecule has 76 valence electrons. The second-order valence-electron chi connectivity index (χ2n) is 3.62. The second kappa shape index (κ2) is 4.05. The first-order valence-corrected chi connectivity index (χ1v) is 5.46. The Kier molecular flexibility index (Phi) is 2.96. The maximum Gasteiger partial charge on any atom is 0.0762 e. The van der Waals surface area contributed by atoms with Gasteiger partial charge >= 0.3 is 0 Å². The van der Waals surface area contributed by atoms with E-state index in [1.807, 2.05) is 7.05 Å². The van der Waals surface area contributed by atoms with Crippen LogP contribution in [0.25, 0.3) is 0 Å². The highest BCUT2D eigenvalue weighted by Crippen LogP contribution is 2.42. The first-order valence-electron chi connectivity index (χ1n) is 4.70. The number of rotatable bonds is 3. The minimum Gasteiger partial charge on any atom is -0.311 e. The summed E-state index contributed by atoms with van der Waals surface area (Å²) in [6, 6.07) is 2.03. The van der Waals surface area contributed by atoms with E-state index in [1.54, 1.807) is 12.3 Å². The van der Waals surface area contributed by atoms with Gasteiger partial charge in [0.1, 0.15) is 0 Å². The Bertz CT molecular complexity index is 337. The van der Waals surface area contributed by atoms with Crippen molar-refractivity contribution < 1.29 is 0 Å². The average Bonchev–Trinajstić information content (AvgIpc) is 2.93. The van der Waals surface area contributed by atoms with Crippen molar-refractivity contribution >= 4 is 23.2 Å². The van der Waals surface area contributed by atoms with Gasteiger partial charge in [0, 0.05) is 6.20 Å². The lowest BCUT2D eigenvalue weighted by atomic mass is 10.1. The topological polar surface area (TPSA) is 24.9 Å². The molecule has 1 aliphatic carbocycles. The number of halogens is 2. The first-order chi connectivity index (χ1) is 6.72. The maximum atomic E-state index is 6.09. The van der Waals surface area contributed by atoms with E-state index in [-0.39, 0.29) is 6.04 Å². The summed E-state index contributed by atoms with van der Waals surface area (Å²) in [6.07, 6.45) is 4.16. The van der Waals surface area contributed by atoms with Crippen molar-refractivity contribution in [3.63, 3.8) is 0 Å². The molecule has 2 nitrogen and oxygen atoms in total. The fourth-order valence-electron chi connectivity index (χ4n) is 1.68. The molecule has 1 unspecified atom stereocenters. The molecule has 0 bridgehead atoms. The molecule has 0 spiro atoms. The van der Waals surface area contributed by atoms with Crippen LogP contribution in [0.2, 0.25) is 10.0 Å². The van der Waals surface area contributed by atoms with Gasteiger partial charge < -0.3 is 5.32 Å². The smallest absolute Gasteiger partial charge is 0.0762 e. The number of nitrogens with one attached hydrogen (secondary N) is 1. The molecule has 1 saturated carbocycles. The summed E-state index contributed by atoms with van der Waals surface area (Å²) in [5.74, 6) is 0.686. The Morgan fingerprint density at radius 3 is 2.71 bits per heavy atom. The zero-order chi connectivity index (χ0) is 10.1. The maximum absolute atomic E-state index is 6.09. The normalized spacial score (nSPS) is 18.2. The molecule has 14 heavy (non-hydrogen) atoms. The van der Waals surface area contributed by atoms with Crippen molar-refractivity contribution in [2.24, 2.45) is 5.92 Å². The second-order valence-corrected chi connectivity index (χ2v) is 4.47. The van der Waals surface area contributed by atoms with Crippen LogP contribution in [0.3, 0.4) is 0 Å². The fraction of sp³-hybridized carbons (Fsp3) is 0.500. The van der Waals surface area contributed by atoms with Gasteiger partial charge in [-0.2, -0.15) is 0 Å². The molecule has 1 fully saturated rings. The van der Waals surface area contributed by atoms with Crippen molar-refractivity contribution in [1.29, 1.82) is 0 Å². The predicted molar refractivity (Wildman–Crippen MR) is 58.8 cm³/mol. The summed E-state index contributed by atoms with van der Waals surface area (Å²) < 4.78 is 0. The lowest BCUT2D eigenvalue weighted by Crippen LogP contribution is -2.19. The SMILES string of the molecule is CNC(c1ncc(Cl)cc1Cl)C1CC1. The number of hydrogen-bond acceptors (Lipinski definition) is 2.